The fourth-order valence-electron chi connectivity index (χ4n) is 3.35. The molecule has 0 radical (unpaired) electrons. The van der Waals surface area contributed by atoms with E-state index in [1.807, 2.05) is 0 Å². The molecule has 0 unspecified atom stereocenters. The zero-order valence-electron chi connectivity index (χ0n) is 25.7. The molecule has 0 aliphatic heterocycles. The third kappa shape index (κ3) is 83.3. The Labute approximate surface area is 249 Å². The summed E-state index contributed by atoms with van der Waals surface area (Å²) in [6.07, 6.45) is 26.8. The molecule has 0 aliphatic rings. The first-order chi connectivity index (χ1) is 19.1. The molecule has 0 aromatic rings. The lowest BCUT2D eigenvalue weighted by Gasteiger charge is -2.02. The highest BCUT2D eigenvalue weighted by Crippen LogP contribution is 2.11. The van der Waals surface area contributed by atoms with E-state index >= 15 is 0 Å². The fraction of sp³-hybridized carbons (Fsp3) is 0.862. The van der Waals surface area contributed by atoms with Gasteiger partial charge in [0.15, 0.2) is 0 Å². The Morgan fingerprint density at radius 1 is 0.675 bits per heavy atom. The topological polar surface area (TPSA) is 161 Å². The van der Waals surface area contributed by atoms with Gasteiger partial charge in [-0.3, -0.25) is 4.55 Å². The second kappa shape index (κ2) is 47.7. The van der Waals surface area contributed by atoms with Crippen LogP contribution < -0.4 is 5.73 Å². The van der Waals surface area contributed by atoms with Gasteiger partial charge in [0, 0.05) is 13.2 Å². The molecule has 0 amide bonds. The second-order valence-electron chi connectivity index (χ2n) is 9.07. The lowest BCUT2D eigenvalue weighted by atomic mass is 10.1. The molecule has 40 heavy (non-hydrogen) atoms. The smallest absolute Gasteiger partial charge is 0.396 e. The van der Waals surface area contributed by atoms with Crippen LogP contribution in [0, 0.1) is 0 Å². The quantitative estimate of drug-likeness (QED) is 0.0597. The summed E-state index contributed by atoms with van der Waals surface area (Å²) in [5, 5.41) is 8.57. The summed E-state index contributed by atoms with van der Waals surface area (Å²) in [5.74, 6) is 0. The molecule has 0 rings (SSSR count). The minimum Gasteiger partial charge on any atom is -0.396 e. The number of hydrogen-bond donors (Lipinski definition) is 3. The van der Waals surface area contributed by atoms with Gasteiger partial charge in [-0.05, 0) is 12.8 Å². The number of aliphatic hydroxyl groups is 1. The van der Waals surface area contributed by atoms with Gasteiger partial charge in [-0.15, -0.1) is 32.4 Å². The van der Waals surface area contributed by atoms with Crippen LogP contribution >= 0.6 is 0 Å². The number of aliphatic hydroxyl groups excluding tert-OH is 1. The standard InChI is InChI=1S/C12H26O4S.C12H26O.C3H7N.C2H4.O3S/c1-2-3-4-5-6-7-8-9-10-11-12-16-17(13,14)15;1-2-3-4-5-6-7-8-9-10-11-12-13;1-2-3-4;1-2;1-4(2)3/h2-12H2,1H3,(H,13,14,15);13H,2-12H2,1H3;2H,1,3-4H2;1-2H2;. The molecule has 0 aromatic heterocycles. The van der Waals surface area contributed by atoms with Crippen LogP contribution in [0.4, 0.5) is 0 Å². The molecule has 0 aromatic carbocycles. The lowest BCUT2D eigenvalue weighted by Crippen LogP contribution is -2.04. The molecule has 0 atom stereocenters. The van der Waals surface area contributed by atoms with Crippen molar-refractivity contribution in [2.45, 2.75) is 142 Å². The minimum atomic E-state index is -4.23. The van der Waals surface area contributed by atoms with E-state index in [1.54, 1.807) is 6.08 Å². The molecule has 0 bridgehead atoms. The maximum Gasteiger partial charge on any atom is 0.425 e. The molecule has 0 spiro atoms. The molecule has 9 nitrogen and oxygen atoms in total. The van der Waals surface area contributed by atoms with Gasteiger partial charge in [-0.25, -0.2) is 4.18 Å². The molecule has 244 valence electrons. The number of nitrogens with two attached hydrogens (primary N) is 1. The zero-order chi connectivity index (χ0) is 31.8. The van der Waals surface area contributed by atoms with Crippen molar-refractivity contribution in [3.63, 3.8) is 0 Å². The Bertz CT molecular complexity index is 640. The zero-order valence-corrected chi connectivity index (χ0v) is 27.3. The van der Waals surface area contributed by atoms with Crippen molar-refractivity contribution in [1.82, 2.24) is 0 Å². The van der Waals surface area contributed by atoms with Crippen molar-refractivity contribution in [1.29, 1.82) is 0 Å². The third-order valence-corrected chi connectivity index (χ3v) is 5.87. The summed E-state index contributed by atoms with van der Waals surface area (Å²) in [6, 6.07) is 0. The van der Waals surface area contributed by atoms with Crippen molar-refractivity contribution in [2.24, 2.45) is 5.73 Å². The average Bonchev–Trinajstić information content (AvgIpc) is 2.91. The molecule has 4 N–H and O–H groups in total. The Balaban J connectivity index is -0.000000156. The van der Waals surface area contributed by atoms with Crippen LogP contribution in [-0.2, 0) is 25.2 Å². The predicted octanol–water partition coefficient (Wildman–Crippen LogP) is 7.56. The maximum atomic E-state index is 10.2. The van der Waals surface area contributed by atoms with Gasteiger partial charge < -0.3 is 10.8 Å². The van der Waals surface area contributed by atoms with E-state index in [-0.39, 0.29) is 6.61 Å². The first-order valence-corrected chi connectivity index (χ1v) is 17.3. The fourth-order valence-corrected chi connectivity index (χ4v) is 3.68. The summed E-state index contributed by atoms with van der Waals surface area (Å²) in [6.45, 7) is 14.9. The first-order valence-electron chi connectivity index (χ1n) is 14.9. The van der Waals surface area contributed by atoms with Crippen LogP contribution in [0.25, 0.3) is 0 Å². The molecule has 0 fully saturated rings. The molecule has 11 heteroatoms. The molecule has 0 aliphatic carbocycles. The van der Waals surface area contributed by atoms with Crippen LogP contribution in [0.2, 0.25) is 0 Å². The van der Waals surface area contributed by atoms with Gasteiger partial charge in [0.25, 0.3) is 0 Å². The molecule has 0 heterocycles. The number of hydrogen-bond acceptors (Lipinski definition) is 8. The van der Waals surface area contributed by atoms with E-state index in [1.165, 1.54) is 103 Å². The van der Waals surface area contributed by atoms with Crippen molar-refractivity contribution >= 4 is 21.0 Å². The minimum absolute atomic E-state index is 0.0926. The van der Waals surface area contributed by atoms with Crippen LogP contribution in [0.3, 0.4) is 0 Å². The van der Waals surface area contributed by atoms with Crippen LogP contribution in [0.1, 0.15) is 142 Å². The van der Waals surface area contributed by atoms with Crippen molar-refractivity contribution < 1.29 is 34.9 Å². The molecular weight excluding hydrogens is 554 g/mol. The van der Waals surface area contributed by atoms with E-state index in [4.69, 9.17) is 28.0 Å². The number of unbranched alkanes of at least 4 members (excludes halogenated alkanes) is 18. The highest BCUT2D eigenvalue weighted by atomic mass is 32.3. The van der Waals surface area contributed by atoms with E-state index in [0.29, 0.717) is 19.6 Å². The summed E-state index contributed by atoms with van der Waals surface area (Å²) < 4.78 is 58.3. The summed E-state index contributed by atoms with van der Waals surface area (Å²) in [5.41, 5.74) is 4.91. The van der Waals surface area contributed by atoms with Crippen molar-refractivity contribution in [2.75, 3.05) is 19.8 Å². The van der Waals surface area contributed by atoms with E-state index in [2.05, 4.69) is 37.8 Å². The lowest BCUT2D eigenvalue weighted by molar-refractivity contribution is 0.261. The highest BCUT2D eigenvalue weighted by Gasteiger charge is 2.02. The van der Waals surface area contributed by atoms with Gasteiger partial charge in [0.05, 0.1) is 6.61 Å². The highest BCUT2D eigenvalue weighted by molar-refractivity contribution is 7.80. The largest absolute Gasteiger partial charge is 0.425 e. The van der Waals surface area contributed by atoms with E-state index in [0.717, 1.165) is 19.3 Å². The predicted molar refractivity (Wildman–Crippen MR) is 168 cm³/mol. The van der Waals surface area contributed by atoms with E-state index < -0.39 is 21.0 Å². The normalized spacial score (nSPS) is 9.82. The molecule has 0 saturated heterocycles. The van der Waals surface area contributed by atoms with Crippen molar-refractivity contribution in [3.8, 4) is 0 Å². The van der Waals surface area contributed by atoms with Gasteiger partial charge in [0.2, 0.25) is 0 Å². The summed E-state index contributed by atoms with van der Waals surface area (Å²) in [4.78, 5) is 0. The van der Waals surface area contributed by atoms with Gasteiger partial charge in [-0.1, -0.05) is 135 Å². The Hall–Kier alpha value is -1.11. The van der Waals surface area contributed by atoms with Crippen molar-refractivity contribution in [3.05, 3.63) is 25.8 Å². The van der Waals surface area contributed by atoms with Gasteiger partial charge in [0.1, 0.15) is 0 Å². The van der Waals surface area contributed by atoms with Crippen LogP contribution in [-0.4, -0.2) is 50.5 Å². The summed E-state index contributed by atoms with van der Waals surface area (Å²) in [7, 11) is -7.35. The third-order valence-electron chi connectivity index (χ3n) is 5.41. The van der Waals surface area contributed by atoms with Crippen LogP contribution in [0.15, 0.2) is 25.8 Å². The molecular formula is C29H63NO8S2. The Morgan fingerprint density at radius 3 is 1.15 bits per heavy atom. The first kappa shape index (κ1) is 48.6. The summed E-state index contributed by atoms with van der Waals surface area (Å²) >= 11 is 0. The van der Waals surface area contributed by atoms with E-state index in [9.17, 15) is 8.42 Å². The molecule has 0 saturated carbocycles. The van der Waals surface area contributed by atoms with Crippen LogP contribution in [0.5, 0.6) is 0 Å². The monoisotopic (exact) mass is 617 g/mol. The SMILES string of the molecule is C=C.C=CCN.CCCCCCCCCCCCO.CCCCCCCCCCCCOS(=O)(=O)O.O=S(=O)=O. The number of rotatable bonds is 23. The Kier molecular flexibility index (Phi) is 57.9. The average molecular weight is 618 g/mol. The second-order valence-corrected chi connectivity index (χ2v) is 10.6. The Morgan fingerprint density at radius 2 is 0.925 bits per heavy atom. The van der Waals surface area contributed by atoms with Gasteiger partial charge in [-0.2, -0.15) is 8.42 Å². The van der Waals surface area contributed by atoms with Gasteiger partial charge >= 0.3 is 21.0 Å². The maximum absolute atomic E-state index is 10.2.